The van der Waals surface area contributed by atoms with Gasteiger partial charge in [-0.2, -0.15) is 22.4 Å². The summed E-state index contributed by atoms with van der Waals surface area (Å²) in [4.78, 5) is 45.3. The Labute approximate surface area is 599 Å². The van der Waals surface area contributed by atoms with Crippen LogP contribution in [0.4, 0.5) is 0 Å². The van der Waals surface area contributed by atoms with Crippen LogP contribution in [0.25, 0.3) is 0 Å². The molecule has 8 heterocycles. The SMILES string of the molecule is C=O.C=O.C=O.CCO[Si]1(C)CCCN(C)CCN1.CCO[Si]1(C)CCCNCCN1.CN1CCC[Si](C)(C)N(C)CC1.CO[Si]1(CO)CCCN(C)CCN1C.CO[Si]1(CO)CCCNCCN1.CO[Si]1(CO)CCCS1.C[Si]1(C)CCCNCCN1.C[Si]1(C)CCCS1. The zero-order chi connectivity index (χ0) is 72.8. The lowest BCUT2D eigenvalue weighted by molar-refractivity contribution is -0.0987. The van der Waals surface area contributed by atoms with E-state index in [2.05, 4.69) is 172 Å². The lowest BCUT2D eigenvalue weighted by Gasteiger charge is -2.39. The Morgan fingerprint density at radius 2 is 0.853 bits per heavy atom. The molecule has 0 aliphatic carbocycles. The highest BCUT2D eigenvalue weighted by Crippen LogP contribution is 2.35. The predicted octanol–water partition coefficient (Wildman–Crippen LogP) is 5.51. The first-order valence-electron chi connectivity index (χ1n) is 35.7. The molecule has 10 N–H and O–H groups in total. The van der Waals surface area contributed by atoms with Crippen LogP contribution >= 0.6 is 22.4 Å². The molecule has 23 nitrogen and oxygen atoms in total. The molecule has 33 heteroatoms. The molecule has 570 valence electrons. The molecule has 5 unspecified atom stereocenters. The van der Waals surface area contributed by atoms with Gasteiger partial charge in [-0.15, -0.1) is 0 Å². The standard InChI is InChI=1S/C9H22N2O2Si.C9H22N2OSi.C9H22N2Si.C8H20N2OSi.C7H18N2O2Si.C7H18N2Si.C5H12O2SSi.C5H12SSi.3CH2O/c1-10-5-4-8-14(9-12,13-3)11(2)7-6-10;1-4-12-13(3)9-5-7-11(2)8-6-10-13;1-10-6-5-9-12(3,4)11(2)8-7-10;1-3-11-12(2)8-4-5-9-6-7-10-12;1-11-12(7-10)6-2-3-8-4-5-9-12;1-10(2)7-3-4-8-5-6-9-10;1-7-9(5-6)4-2-3-8-9;1-7(2)5-3-4-6-7;3*1-2/h12H,4-9H2,1-3H3;10H,4-9H2,1-3H3;5-9H2,1-4H3;9-10H,3-8H2,1-2H3;8-10H,2-7H2,1H3;8-9H,3-7H2,1-2H3;6H,2-5H2,1H3;3-5H2,1-2H3;3*1H2. The van der Waals surface area contributed by atoms with E-state index < -0.39 is 65.1 Å². The number of aliphatic hydroxyl groups is 3. The van der Waals surface area contributed by atoms with Crippen LogP contribution in [0.2, 0.25) is 101 Å². The van der Waals surface area contributed by atoms with Gasteiger partial charge in [0.1, 0.15) is 44.1 Å². The number of carbonyl (C=O) groups excluding carboxylic acids is 3. The molecule has 8 saturated heterocycles. The summed E-state index contributed by atoms with van der Waals surface area (Å²) in [5, 5.41) is 37.7. The summed E-state index contributed by atoms with van der Waals surface area (Å²) in [7, 11) is 4.94. The summed E-state index contributed by atoms with van der Waals surface area (Å²) < 4.78 is 32.8. The largest absolute Gasteiger partial charge is 0.408 e. The molecule has 8 fully saturated rings. The van der Waals surface area contributed by atoms with Crippen LogP contribution in [0.1, 0.15) is 65.2 Å². The van der Waals surface area contributed by atoms with Crippen LogP contribution in [-0.4, -0.2) is 342 Å². The molecular weight excluding hydrogens is 1380 g/mol. The van der Waals surface area contributed by atoms with Crippen LogP contribution in [0.15, 0.2) is 0 Å². The van der Waals surface area contributed by atoms with Crippen molar-refractivity contribution in [1.82, 2.24) is 59.7 Å². The Hall–Kier alpha value is 0.645. The van der Waals surface area contributed by atoms with E-state index in [1.165, 1.54) is 113 Å². The predicted molar refractivity (Wildman–Crippen MR) is 429 cm³/mol. The van der Waals surface area contributed by atoms with Crippen molar-refractivity contribution in [3.63, 3.8) is 0 Å². The molecular formula is C62H152N12O11S2Si8. The molecule has 0 amide bonds. The van der Waals surface area contributed by atoms with E-state index in [9.17, 15) is 10.2 Å². The quantitative estimate of drug-likeness (QED) is 0.121. The van der Waals surface area contributed by atoms with Gasteiger partial charge in [-0.1, -0.05) is 39.3 Å². The van der Waals surface area contributed by atoms with E-state index >= 15 is 0 Å². The van der Waals surface area contributed by atoms with E-state index in [1.54, 1.807) is 27.4 Å². The number of aliphatic hydroxyl groups excluding tert-OH is 3. The monoisotopic (exact) mass is 1530 g/mol. The third kappa shape index (κ3) is 47.6. The first-order valence-corrected chi connectivity index (χ1v) is 60.8. The summed E-state index contributed by atoms with van der Waals surface area (Å²) in [6.45, 7) is 51.3. The molecule has 0 aromatic rings. The van der Waals surface area contributed by atoms with E-state index in [1.807, 2.05) is 31.6 Å². The van der Waals surface area contributed by atoms with Crippen LogP contribution < -0.4 is 35.9 Å². The summed E-state index contributed by atoms with van der Waals surface area (Å²) in [6.07, 6.45) is 10.9. The molecule has 8 aliphatic rings. The number of nitrogens with one attached hydrogen (secondary N) is 7. The molecule has 0 saturated carbocycles. The number of hydrogen-bond acceptors (Lipinski definition) is 25. The molecule has 8 rings (SSSR count). The minimum Gasteiger partial charge on any atom is -0.408 e. The Bertz CT molecular complexity index is 1730. The zero-order valence-corrected chi connectivity index (χ0v) is 73.9. The summed E-state index contributed by atoms with van der Waals surface area (Å²) in [5.41, 5.74) is 0. The minimum absolute atomic E-state index is 0.184. The number of carbonyl (C=O) groups is 3. The van der Waals surface area contributed by atoms with Gasteiger partial charge in [0.15, 0.2) is 0 Å². The highest BCUT2D eigenvalue weighted by molar-refractivity contribution is 8.29. The van der Waals surface area contributed by atoms with Crippen LogP contribution in [0.3, 0.4) is 0 Å². The normalized spacial score (nSPS) is 29.4. The van der Waals surface area contributed by atoms with Crippen LogP contribution in [0, 0.1) is 0 Å². The van der Waals surface area contributed by atoms with Gasteiger partial charge in [0.05, 0.1) is 18.7 Å². The summed E-state index contributed by atoms with van der Waals surface area (Å²) in [5.74, 6) is 2.62. The maximum Gasteiger partial charge on any atom is 0.297 e. The first-order chi connectivity index (χ1) is 45.2. The van der Waals surface area contributed by atoms with E-state index in [4.69, 9.17) is 41.6 Å². The number of likely N-dealkylation sites (N-methyl/N-ethyl adjacent to an activating group) is 5. The van der Waals surface area contributed by atoms with Crippen LogP contribution in [0.5, 0.6) is 0 Å². The van der Waals surface area contributed by atoms with Crippen molar-refractivity contribution in [1.29, 1.82) is 0 Å². The van der Waals surface area contributed by atoms with Crippen molar-refractivity contribution in [3.8, 4) is 0 Å². The van der Waals surface area contributed by atoms with Crippen molar-refractivity contribution in [3.05, 3.63) is 0 Å². The molecule has 0 aromatic carbocycles. The van der Waals surface area contributed by atoms with Gasteiger partial charge in [-0.25, -0.2) is 0 Å². The summed E-state index contributed by atoms with van der Waals surface area (Å²) >= 11 is 4.09. The maximum absolute atomic E-state index is 9.48. The van der Waals surface area contributed by atoms with Crippen molar-refractivity contribution in [2.75, 3.05) is 218 Å². The van der Waals surface area contributed by atoms with E-state index in [-0.39, 0.29) is 18.7 Å². The average Bonchev–Trinajstić information content (AvgIpc) is 1.80. The molecule has 95 heavy (non-hydrogen) atoms. The Kier molecular flexibility index (Phi) is 62.0. The Balaban J connectivity index is -0.00000101. The number of rotatable bonds is 10. The molecule has 0 aromatic heterocycles. The zero-order valence-electron chi connectivity index (χ0n) is 64.3. The van der Waals surface area contributed by atoms with Gasteiger partial charge < -0.3 is 112 Å². The van der Waals surface area contributed by atoms with Crippen molar-refractivity contribution in [2.24, 2.45) is 0 Å². The van der Waals surface area contributed by atoms with Crippen molar-refractivity contribution < 1.29 is 51.8 Å². The Morgan fingerprint density at radius 1 is 0.400 bits per heavy atom. The fraction of sp³-hybridized carbons (Fsp3) is 0.952. The Morgan fingerprint density at radius 3 is 1.28 bits per heavy atom. The van der Waals surface area contributed by atoms with Crippen molar-refractivity contribution >= 4 is 108 Å². The molecule has 0 bridgehead atoms. The fourth-order valence-corrected chi connectivity index (χ4v) is 36.8. The third-order valence-corrected chi connectivity index (χ3v) is 52.8. The minimum atomic E-state index is -1.98. The molecule has 8 aliphatic heterocycles. The lowest BCUT2D eigenvalue weighted by Crippen LogP contribution is -2.59. The summed E-state index contributed by atoms with van der Waals surface area (Å²) in [6, 6.07) is 10.0. The maximum atomic E-state index is 9.48. The first kappa shape index (κ1) is 99.8. The molecule has 5 atom stereocenters. The number of nitrogens with zero attached hydrogens (tertiary/aromatic N) is 5. The van der Waals surface area contributed by atoms with Gasteiger partial charge in [0.2, 0.25) is 0 Å². The van der Waals surface area contributed by atoms with E-state index in [0.29, 0.717) is 0 Å². The smallest absolute Gasteiger partial charge is 0.297 e. The number of hydrogen-bond donors (Lipinski definition) is 10. The topological polar surface area (TPSA) is 258 Å². The van der Waals surface area contributed by atoms with Gasteiger partial charge in [0.25, 0.3) is 41.4 Å². The second kappa shape index (κ2) is 59.0. The lowest BCUT2D eigenvalue weighted by atomic mass is 10.4. The van der Waals surface area contributed by atoms with Gasteiger partial charge in [-0.05, 0) is 213 Å². The highest BCUT2D eigenvalue weighted by atomic mass is 32.4. The average molecular weight is 1530 g/mol. The van der Waals surface area contributed by atoms with E-state index in [0.717, 1.165) is 123 Å². The molecule has 0 radical (unpaired) electrons. The van der Waals surface area contributed by atoms with Gasteiger partial charge in [0, 0.05) is 113 Å². The second-order valence-electron chi connectivity index (χ2n) is 28.0. The highest BCUT2D eigenvalue weighted by Gasteiger charge is 2.40. The van der Waals surface area contributed by atoms with Gasteiger partial charge in [-0.3, -0.25) is 0 Å². The fourth-order valence-electron chi connectivity index (χ4n) is 11.9. The van der Waals surface area contributed by atoms with Gasteiger partial charge >= 0.3 is 0 Å². The molecule has 0 spiro atoms. The third-order valence-electron chi connectivity index (χ3n) is 18.8. The van der Waals surface area contributed by atoms with Crippen molar-refractivity contribution in [2.45, 2.75) is 166 Å². The second-order valence-corrected chi connectivity index (χ2v) is 67.9. The van der Waals surface area contributed by atoms with Crippen LogP contribution in [-0.2, 0) is 36.5 Å².